The molecule has 0 radical (unpaired) electrons. The third kappa shape index (κ3) is 3.12. The van der Waals surface area contributed by atoms with Crippen molar-refractivity contribution in [2.24, 2.45) is 0 Å². The summed E-state index contributed by atoms with van der Waals surface area (Å²) in [6, 6.07) is 9.83. The van der Waals surface area contributed by atoms with Gasteiger partial charge in [0, 0.05) is 18.3 Å². The van der Waals surface area contributed by atoms with Crippen LogP contribution in [0.2, 0.25) is 0 Å². The number of nitrogens with zero attached hydrogens (tertiary/aromatic N) is 1. The first kappa shape index (κ1) is 14.9. The van der Waals surface area contributed by atoms with Crippen molar-refractivity contribution in [3.05, 3.63) is 53.3 Å². The van der Waals surface area contributed by atoms with E-state index >= 15 is 0 Å². The lowest BCUT2D eigenvalue weighted by Gasteiger charge is -2.18. The van der Waals surface area contributed by atoms with Gasteiger partial charge in [0.25, 0.3) is 0 Å². The maximum atomic E-state index is 5.45. The number of ether oxygens (including phenoxy) is 2. The van der Waals surface area contributed by atoms with E-state index in [0.29, 0.717) is 0 Å². The van der Waals surface area contributed by atoms with E-state index in [1.54, 1.807) is 14.2 Å². The molecule has 4 heteroatoms. The number of pyridine rings is 1. The average Bonchev–Trinajstić information content (AvgIpc) is 2.48. The molecule has 2 rings (SSSR count). The van der Waals surface area contributed by atoms with E-state index in [0.717, 1.165) is 29.2 Å². The minimum absolute atomic E-state index is 0.0854. The standard InChI is InChI=1S/C16H18BrNO2/c1-11-6-5-9-18-13(11)10-12(17)16-14(19-2)7-4-8-15(16)20-3/h4-9,12H,10H2,1-3H3. The van der Waals surface area contributed by atoms with Gasteiger partial charge in [-0.05, 0) is 30.7 Å². The van der Waals surface area contributed by atoms with Crippen LogP contribution in [0.15, 0.2) is 36.5 Å². The molecular weight excluding hydrogens is 318 g/mol. The minimum atomic E-state index is 0.0854. The Hall–Kier alpha value is -1.55. The van der Waals surface area contributed by atoms with Crippen LogP contribution < -0.4 is 9.47 Å². The fourth-order valence-corrected chi connectivity index (χ4v) is 2.95. The van der Waals surface area contributed by atoms with Gasteiger partial charge in [-0.25, -0.2) is 0 Å². The van der Waals surface area contributed by atoms with Crippen molar-refractivity contribution in [3.63, 3.8) is 0 Å². The van der Waals surface area contributed by atoms with Gasteiger partial charge in [-0.3, -0.25) is 4.98 Å². The molecule has 0 spiro atoms. The Labute approximate surface area is 128 Å². The SMILES string of the molecule is COc1cccc(OC)c1C(Br)Cc1ncccc1C. The molecule has 0 aliphatic heterocycles. The zero-order chi connectivity index (χ0) is 14.5. The van der Waals surface area contributed by atoms with Gasteiger partial charge in [0.15, 0.2) is 0 Å². The fraction of sp³-hybridized carbons (Fsp3) is 0.312. The molecule has 20 heavy (non-hydrogen) atoms. The quantitative estimate of drug-likeness (QED) is 0.771. The number of benzene rings is 1. The number of aromatic nitrogens is 1. The van der Waals surface area contributed by atoms with E-state index in [4.69, 9.17) is 9.47 Å². The van der Waals surface area contributed by atoms with Crippen LogP contribution in [0.5, 0.6) is 11.5 Å². The Bertz CT molecular complexity index is 564. The molecule has 0 saturated carbocycles. The number of aryl methyl sites for hydroxylation is 1. The molecule has 0 bridgehead atoms. The Kier molecular flexibility index (Phi) is 5.01. The first-order valence-electron chi connectivity index (χ1n) is 6.42. The Morgan fingerprint density at radius 1 is 1.10 bits per heavy atom. The molecule has 1 aromatic heterocycles. The third-order valence-electron chi connectivity index (χ3n) is 3.27. The summed E-state index contributed by atoms with van der Waals surface area (Å²) in [7, 11) is 3.34. The second-order valence-electron chi connectivity index (χ2n) is 4.51. The van der Waals surface area contributed by atoms with E-state index in [9.17, 15) is 0 Å². The summed E-state index contributed by atoms with van der Waals surface area (Å²) in [6.07, 6.45) is 2.60. The summed E-state index contributed by atoms with van der Waals surface area (Å²) in [6.45, 7) is 2.07. The molecule has 0 aliphatic rings. The van der Waals surface area contributed by atoms with Crippen LogP contribution in [0.25, 0.3) is 0 Å². The number of hydrogen-bond acceptors (Lipinski definition) is 3. The molecular formula is C16H18BrNO2. The molecule has 1 aromatic carbocycles. The third-order valence-corrected chi connectivity index (χ3v) is 4.05. The highest BCUT2D eigenvalue weighted by molar-refractivity contribution is 9.09. The monoisotopic (exact) mass is 335 g/mol. The van der Waals surface area contributed by atoms with E-state index in [-0.39, 0.29) is 4.83 Å². The maximum Gasteiger partial charge on any atom is 0.126 e. The lowest BCUT2D eigenvalue weighted by atomic mass is 10.0. The molecule has 1 atom stereocenters. The van der Waals surface area contributed by atoms with Crippen molar-refractivity contribution in [3.8, 4) is 11.5 Å². The summed E-state index contributed by atoms with van der Waals surface area (Å²) in [4.78, 5) is 4.53. The summed E-state index contributed by atoms with van der Waals surface area (Å²) in [5.41, 5.74) is 3.27. The van der Waals surface area contributed by atoms with Gasteiger partial charge in [0.1, 0.15) is 11.5 Å². The summed E-state index contributed by atoms with van der Waals surface area (Å²) >= 11 is 3.74. The first-order valence-corrected chi connectivity index (χ1v) is 7.34. The van der Waals surface area contributed by atoms with Crippen molar-refractivity contribution in [2.45, 2.75) is 18.2 Å². The lowest BCUT2D eigenvalue weighted by Crippen LogP contribution is -2.04. The zero-order valence-corrected chi connectivity index (χ0v) is 13.5. The number of rotatable bonds is 5. The predicted octanol–water partition coefficient (Wildman–Crippen LogP) is 4.09. The van der Waals surface area contributed by atoms with Crippen LogP contribution >= 0.6 is 15.9 Å². The van der Waals surface area contributed by atoms with E-state index in [1.807, 2.05) is 30.5 Å². The minimum Gasteiger partial charge on any atom is -0.496 e. The summed E-state index contributed by atoms with van der Waals surface area (Å²) in [5.74, 6) is 1.64. The highest BCUT2D eigenvalue weighted by Crippen LogP contribution is 2.40. The van der Waals surface area contributed by atoms with Crippen LogP contribution in [-0.2, 0) is 6.42 Å². The molecule has 1 unspecified atom stereocenters. The topological polar surface area (TPSA) is 31.4 Å². The number of alkyl halides is 1. The van der Waals surface area contributed by atoms with E-state index < -0.39 is 0 Å². The highest BCUT2D eigenvalue weighted by atomic mass is 79.9. The van der Waals surface area contributed by atoms with Gasteiger partial charge in [0.05, 0.1) is 24.6 Å². The zero-order valence-electron chi connectivity index (χ0n) is 11.9. The molecule has 0 aliphatic carbocycles. The van der Waals surface area contributed by atoms with Crippen molar-refractivity contribution >= 4 is 15.9 Å². The first-order chi connectivity index (χ1) is 9.67. The summed E-state index contributed by atoms with van der Waals surface area (Å²) in [5, 5.41) is 0. The lowest BCUT2D eigenvalue weighted by molar-refractivity contribution is 0.385. The predicted molar refractivity (Wildman–Crippen MR) is 83.9 cm³/mol. The van der Waals surface area contributed by atoms with E-state index in [2.05, 4.69) is 33.9 Å². The van der Waals surface area contributed by atoms with Crippen LogP contribution in [0.3, 0.4) is 0 Å². The van der Waals surface area contributed by atoms with Gasteiger partial charge >= 0.3 is 0 Å². The Morgan fingerprint density at radius 2 is 1.75 bits per heavy atom. The second-order valence-corrected chi connectivity index (χ2v) is 5.62. The van der Waals surface area contributed by atoms with Crippen molar-refractivity contribution in [1.82, 2.24) is 4.98 Å². The van der Waals surface area contributed by atoms with Crippen LogP contribution in [0.4, 0.5) is 0 Å². The number of methoxy groups -OCH3 is 2. The Morgan fingerprint density at radius 3 is 2.30 bits per heavy atom. The smallest absolute Gasteiger partial charge is 0.126 e. The van der Waals surface area contributed by atoms with Crippen molar-refractivity contribution in [1.29, 1.82) is 0 Å². The van der Waals surface area contributed by atoms with Crippen LogP contribution in [-0.4, -0.2) is 19.2 Å². The van der Waals surface area contributed by atoms with Gasteiger partial charge in [0.2, 0.25) is 0 Å². The second kappa shape index (κ2) is 6.75. The Balaban J connectivity index is 2.34. The molecule has 0 N–H and O–H groups in total. The number of hydrogen-bond donors (Lipinski definition) is 0. The van der Waals surface area contributed by atoms with Gasteiger partial charge < -0.3 is 9.47 Å². The van der Waals surface area contributed by atoms with E-state index in [1.165, 1.54) is 5.56 Å². The van der Waals surface area contributed by atoms with Gasteiger partial charge in [-0.15, -0.1) is 0 Å². The normalized spacial score (nSPS) is 12.0. The molecule has 0 amide bonds. The maximum absolute atomic E-state index is 5.45. The largest absolute Gasteiger partial charge is 0.496 e. The average molecular weight is 336 g/mol. The molecule has 2 aromatic rings. The molecule has 1 heterocycles. The molecule has 0 fully saturated rings. The highest BCUT2D eigenvalue weighted by Gasteiger charge is 2.19. The molecule has 3 nitrogen and oxygen atoms in total. The van der Waals surface area contributed by atoms with Gasteiger partial charge in [-0.2, -0.15) is 0 Å². The number of halogens is 1. The van der Waals surface area contributed by atoms with Crippen LogP contribution in [0, 0.1) is 6.92 Å². The van der Waals surface area contributed by atoms with Crippen LogP contribution in [0.1, 0.15) is 21.6 Å². The fourth-order valence-electron chi connectivity index (χ4n) is 2.19. The summed E-state index contributed by atoms with van der Waals surface area (Å²) < 4.78 is 10.9. The molecule has 106 valence electrons. The van der Waals surface area contributed by atoms with Gasteiger partial charge in [-0.1, -0.05) is 28.1 Å². The van der Waals surface area contributed by atoms with Crippen molar-refractivity contribution in [2.75, 3.05) is 14.2 Å². The molecule has 0 saturated heterocycles. The van der Waals surface area contributed by atoms with Crippen molar-refractivity contribution < 1.29 is 9.47 Å².